The second kappa shape index (κ2) is 8.95. The van der Waals surface area contributed by atoms with Gasteiger partial charge in [-0.2, -0.15) is 0 Å². The summed E-state index contributed by atoms with van der Waals surface area (Å²) in [4.78, 5) is 29.1. The van der Waals surface area contributed by atoms with Crippen LogP contribution in [0.25, 0.3) is 0 Å². The molecule has 2 amide bonds. The third-order valence-electron chi connectivity index (χ3n) is 4.60. The van der Waals surface area contributed by atoms with Gasteiger partial charge < -0.3 is 10.6 Å². The van der Waals surface area contributed by atoms with Crippen molar-refractivity contribution in [3.63, 3.8) is 0 Å². The predicted octanol–water partition coefficient (Wildman–Crippen LogP) is 3.81. The van der Waals surface area contributed by atoms with Crippen molar-refractivity contribution in [2.75, 3.05) is 0 Å². The summed E-state index contributed by atoms with van der Waals surface area (Å²) in [5, 5.41) is 5.80. The van der Waals surface area contributed by atoms with Crippen LogP contribution in [0.1, 0.15) is 50.5 Å². The minimum absolute atomic E-state index is 0.139. The standard InChI is InChI=1S/C23H23N3O2/c1-16-8-6-7-11-20(16)15-25-23(28)21-14-19(12-13-24-21)22(27)26-17(2)18-9-4-3-5-10-18/h3-14,17H,15H2,1-2H3,(H,25,28)(H,26,27). The smallest absolute Gasteiger partial charge is 0.270 e. The second-order valence-electron chi connectivity index (χ2n) is 6.64. The predicted molar refractivity (Wildman–Crippen MR) is 109 cm³/mol. The highest BCUT2D eigenvalue weighted by Crippen LogP contribution is 2.13. The first-order valence-electron chi connectivity index (χ1n) is 9.19. The van der Waals surface area contributed by atoms with Crippen molar-refractivity contribution < 1.29 is 9.59 Å². The van der Waals surface area contributed by atoms with E-state index in [2.05, 4.69) is 15.6 Å². The average molecular weight is 373 g/mol. The lowest BCUT2D eigenvalue weighted by Crippen LogP contribution is -2.28. The first-order valence-corrected chi connectivity index (χ1v) is 9.19. The molecule has 1 unspecified atom stereocenters. The summed E-state index contributed by atoms with van der Waals surface area (Å²) < 4.78 is 0. The van der Waals surface area contributed by atoms with Gasteiger partial charge in [0.25, 0.3) is 11.8 Å². The molecule has 142 valence electrons. The molecule has 28 heavy (non-hydrogen) atoms. The molecule has 0 aliphatic rings. The number of carbonyl (C=O) groups is 2. The van der Waals surface area contributed by atoms with E-state index in [1.165, 1.54) is 12.3 Å². The van der Waals surface area contributed by atoms with Crippen molar-refractivity contribution in [3.8, 4) is 0 Å². The van der Waals surface area contributed by atoms with Crippen LogP contribution in [0.5, 0.6) is 0 Å². The number of aryl methyl sites for hydroxylation is 1. The van der Waals surface area contributed by atoms with Gasteiger partial charge in [0, 0.05) is 18.3 Å². The topological polar surface area (TPSA) is 71.1 Å². The highest BCUT2D eigenvalue weighted by Gasteiger charge is 2.14. The van der Waals surface area contributed by atoms with E-state index in [4.69, 9.17) is 0 Å². The maximum absolute atomic E-state index is 12.6. The first kappa shape index (κ1) is 19.3. The van der Waals surface area contributed by atoms with Gasteiger partial charge in [-0.1, -0.05) is 54.6 Å². The fourth-order valence-electron chi connectivity index (χ4n) is 2.88. The molecule has 0 aliphatic heterocycles. The first-order chi connectivity index (χ1) is 13.5. The molecule has 0 aliphatic carbocycles. The van der Waals surface area contributed by atoms with Gasteiger partial charge in [-0.05, 0) is 42.7 Å². The summed E-state index contributed by atoms with van der Waals surface area (Å²) in [6, 6.07) is 20.6. The molecule has 2 N–H and O–H groups in total. The van der Waals surface area contributed by atoms with Crippen LogP contribution in [0.15, 0.2) is 72.9 Å². The molecule has 3 aromatic rings. The van der Waals surface area contributed by atoms with Crippen LogP contribution >= 0.6 is 0 Å². The molecule has 0 bridgehead atoms. The minimum Gasteiger partial charge on any atom is -0.347 e. The zero-order chi connectivity index (χ0) is 19.9. The number of amides is 2. The molecular weight excluding hydrogens is 350 g/mol. The molecule has 5 heteroatoms. The lowest BCUT2D eigenvalue weighted by Gasteiger charge is -2.14. The summed E-state index contributed by atoms with van der Waals surface area (Å²) in [6.07, 6.45) is 1.48. The van der Waals surface area contributed by atoms with Crippen LogP contribution in [-0.4, -0.2) is 16.8 Å². The van der Waals surface area contributed by atoms with E-state index in [1.807, 2.05) is 68.4 Å². The molecule has 0 saturated carbocycles. The van der Waals surface area contributed by atoms with Gasteiger partial charge in [-0.25, -0.2) is 0 Å². The van der Waals surface area contributed by atoms with Crippen LogP contribution in [0.4, 0.5) is 0 Å². The van der Waals surface area contributed by atoms with Crippen LogP contribution in [-0.2, 0) is 6.54 Å². The summed E-state index contributed by atoms with van der Waals surface area (Å²) >= 11 is 0. The van der Waals surface area contributed by atoms with E-state index in [-0.39, 0.29) is 23.6 Å². The Kier molecular flexibility index (Phi) is 6.17. The van der Waals surface area contributed by atoms with E-state index >= 15 is 0 Å². The maximum atomic E-state index is 12.6. The number of nitrogens with zero attached hydrogens (tertiary/aromatic N) is 1. The van der Waals surface area contributed by atoms with Gasteiger partial charge >= 0.3 is 0 Å². The van der Waals surface area contributed by atoms with Crippen molar-refractivity contribution in [1.82, 2.24) is 15.6 Å². The van der Waals surface area contributed by atoms with Crippen LogP contribution in [0, 0.1) is 6.92 Å². The molecule has 0 spiro atoms. The molecule has 0 fully saturated rings. The van der Waals surface area contributed by atoms with Crippen molar-refractivity contribution in [3.05, 3.63) is 101 Å². The molecule has 1 atom stereocenters. The summed E-state index contributed by atoms with van der Waals surface area (Å²) in [5.74, 6) is -0.555. The Morgan fingerprint density at radius 3 is 2.43 bits per heavy atom. The van der Waals surface area contributed by atoms with E-state index in [0.717, 1.165) is 16.7 Å². The van der Waals surface area contributed by atoms with Gasteiger partial charge in [0.1, 0.15) is 5.69 Å². The lowest BCUT2D eigenvalue weighted by atomic mass is 10.1. The van der Waals surface area contributed by atoms with Crippen LogP contribution in [0.3, 0.4) is 0 Å². The Hall–Kier alpha value is -3.47. The van der Waals surface area contributed by atoms with Gasteiger partial charge in [0.2, 0.25) is 0 Å². The Bertz CT molecular complexity index is 970. The molecule has 0 radical (unpaired) electrons. The van der Waals surface area contributed by atoms with Gasteiger partial charge in [0.05, 0.1) is 6.04 Å². The van der Waals surface area contributed by atoms with E-state index in [0.29, 0.717) is 12.1 Å². The molecule has 2 aromatic carbocycles. The summed E-state index contributed by atoms with van der Waals surface area (Å²) in [7, 11) is 0. The molecule has 0 saturated heterocycles. The second-order valence-corrected chi connectivity index (χ2v) is 6.64. The Morgan fingerprint density at radius 2 is 1.68 bits per heavy atom. The highest BCUT2D eigenvalue weighted by atomic mass is 16.2. The Morgan fingerprint density at radius 1 is 0.964 bits per heavy atom. The minimum atomic E-state index is -0.311. The lowest BCUT2D eigenvalue weighted by molar-refractivity contribution is 0.0939. The molecule has 1 aromatic heterocycles. The van der Waals surface area contributed by atoms with Crippen LogP contribution in [0.2, 0.25) is 0 Å². The molecular formula is C23H23N3O2. The van der Waals surface area contributed by atoms with E-state index in [1.54, 1.807) is 6.07 Å². The van der Waals surface area contributed by atoms with E-state index < -0.39 is 0 Å². The highest BCUT2D eigenvalue weighted by molar-refractivity contribution is 5.98. The Labute approximate surface area is 164 Å². The van der Waals surface area contributed by atoms with Crippen molar-refractivity contribution >= 4 is 11.8 Å². The van der Waals surface area contributed by atoms with E-state index in [9.17, 15) is 9.59 Å². The van der Waals surface area contributed by atoms with Gasteiger partial charge in [0.15, 0.2) is 0 Å². The molecule has 1 heterocycles. The summed E-state index contributed by atoms with van der Waals surface area (Å²) in [6.45, 7) is 4.33. The summed E-state index contributed by atoms with van der Waals surface area (Å²) in [5.41, 5.74) is 3.79. The van der Waals surface area contributed by atoms with Crippen molar-refractivity contribution in [2.45, 2.75) is 26.4 Å². The number of hydrogen-bond donors (Lipinski definition) is 2. The number of hydrogen-bond acceptors (Lipinski definition) is 3. The monoisotopic (exact) mass is 373 g/mol. The number of nitrogens with one attached hydrogen (secondary N) is 2. The third-order valence-corrected chi connectivity index (χ3v) is 4.60. The number of aromatic nitrogens is 1. The molecule has 5 nitrogen and oxygen atoms in total. The zero-order valence-corrected chi connectivity index (χ0v) is 16.0. The number of rotatable bonds is 6. The van der Waals surface area contributed by atoms with Gasteiger partial charge in [-0.3, -0.25) is 14.6 Å². The zero-order valence-electron chi connectivity index (χ0n) is 16.0. The SMILES string of the molecule is Cc1ccccc1CNC(=O)c1cc(C(=O)NC(C)c2ccccc2)ccn1. The van der Waals surface area contributed by atoms with Gasteiger partial charge in [-0.15, -0.1) is 0 Å². The largest absolute Gasteiger partial charge is 0.347 e. The van der Waals surface area contributed by atoms with Crippen molar-refractivity contribution in [2.24, 2.45) is 0 Å². The average Bonchev–Trinajstić information content (AvgIpc) is 2.73. The van der Waals surface area contributed by atoms with Crippen LogP contribution < -0.4 is 10.6 Å². The fraction of sp³-hybridized carbons (Fsp3) is 0.174. The Balaban J connectivity index is 1.65. The normalized spacial score (nSPS) is 11.5. The number of carbonyl (C=O) groups excluding carboxylic acids is 2. The molecule has 3 rings (SSSR count). The fourth-order valence-corrected chi connectivity index (χ4v) is 2.88. The third kappa shape index (κ3) is 4.82. The quantitative estimate of drug-likeness (QED) is 0.690. The number of benzene rings is 2. The number of pyridine rings is 1. The van der Waals surface area contributed by atoms with Crippen molar-refractivity contribution in [1.29, 1.82) is 0 Å². The maximum Gasteiger partial charge on any atom is 0.270 e.